The molecule has 0 aliphatic carbocycles. The predicted octanol–water partition coefficient (Wildman–Crippen LogP) is 2.46. The normalized spacial score (nSPS) is 19.7. The Balaban J connectivity index is 1.81. The van der Waals surface area contributed by atoms with E-state index in [0.29, 0.717) is 12.1 Å². The van der Waals surface area contributed by atoms with Crippen molar-refractivity contribution in [1.29, 1.82) is 0 Å². The number of morpholine rings is 1. The van der Waals surface area contributed by atoms with Crippen LogP contribution in [-0.2, 0) is 9.53 Å². The fourth-order valence-electron chi connectivity index (χ4n) is 2.48. The van der Waals surface area contributed by atoms with Gasteiger partial charge < -0.3 is 20.7 Å². The summed E-state index contributed by atoms with van der Waals surface area (Å²) in [5.41, 5.74) is 1.89. The fraction of sp³-hybridized carbons (Fsp3) is 0.588. The van der Waals surface area contributed by atoms with Gasteiger partial charge in [0.15, 0.2) is 0 Å². The van der Waals surface area contributed by atoms with Crippen LogP contribution in [0.3, 0.4) is 0 Å². The summed E-state index contributed by atoms with van der Waals surface area (Å²) < 4.78 is 5.47. The molecule has 22 heavy (non-hydrogen) atoms. The molecule has 5 nitrogen and oxygen atoms in total. The zero-order valence-corrected chi connectivity index (χ0v) is 13.7. The standard InChI is InChI=1S/C17H27N3O2/c1-12(2)17(21)20-15-6-4-14(5-7-15)19-13(3)10-16-11-22-9-8-18-16/h4-7,12-13,16,18-19H,8-11H2,1-3H3,(H,20,21). The molecular formula is C17H27N3O2. The van der Waals surface area contributed by atoms with Crippen LogP contribution in [-0.4, -0.2) is 37.7 Å². The second kappa shape index (κ2) is 8.15. The molecule has 0 bridgehead atoms. The molecule has 2 atom stereocenters. The largest absolute Gasteiger partial charge is 0.383 e. The van der Waals surface area contributed by atoms with Gasteiger partial charge in [-0.25, -0.2) is 0 Å². The molecule has 1 saturated heterocycles. The summed E-state index contributed by atoms with van der Waals surface area (Å²) in [5.74, 6) is 0.0282. The monoisotopic (exact) mass is 305 g/mol. The maximum absolute atomic E-state index is 11.7. The van der Waals surface area contributed by atoms with Gasteiger partial charge in [-0.1, -0.05) is 13.8 Å². The molecule has 1 heterocycles. The van der Waals surface area contributed by atoms with Gasteiger partial charge in [0.2, 0.25) is 5.91 Å². The van der Waals surface area contributed by atoms with Crippen molar-refractivity contribution in [2.24, 2.45) is 5.92 Å². The lowest BCUT2D eigenvalue weighted by atomic mass is 10.1. The first kappa shape index (κ1) is 16.8. The van der Waals surface area contributed by atoms with Crippen LogP contribution in [0.4, 0.5) is 11.4 Å². The molecule has 3 N–H and O–H groups in total. The summed E-state index contributed by atoms with van der Waals surface area (Å²) >= 11 is 0. The third-order valence-electron chi connectivity index (χ3n) is 3.73. The minimum absolute atomic E-state index is 0.0111. The van der Waals surface area contributed by atoms with Crippen LogP contribution in [0.2, 0.25) is 0 Å². The van der Waals surface area contributed by atoms with Crippen LogP contribution in [0, 0.1) is 5.92 Å². The topological polar surface area (TPSA) is 62.4 Å². The molecule has 2 unspecified atom stereocenters. The van der Waals surface area contributed by atoms with Gasteiger partial charge in [0, 0.05) is 35.9 Å². The van der Waals surface area contributed by atoms with E-state index < -0.39 is 0 Å². The highest BCUT2D eigenvalue weighted by Crippen LogP contribution is 2.16. The van der Waals surface area contributed by atoms with Crippen LogP contribution in [0.15, 0.2) is 24.3 Å². The zero-order valence-electron chi connectivity index (χ0n) is 13.7. The maximum Gasteiger partial charge on any atom is 0.226 e. The molecule has 5 heteroatoms. The molecule has 122 valence electrons. The summed E-state index contributed by atoms with van der Waals surface area (Å²) in [4.78, 5) is 11.7. The van der Waals surface area contributed by atoms with Gasteiger partial charge in [0.1, 0.15) is 0 Å². The average molecular weight is 305 g/mol. The van der Waals surface area contributed by atoms with E-state index in [1.807, 2.05) is 38.1 Å². The molecular weight excluding hydrogens is 278 g/mol. The first-order chi connectivity index (χ1) is 10.5. The van der Waals surface area contributed by atoms with Crippen LogP contribution in [0.1, 0.15) is 27.2 Å². The Bertz CT molecular complexity index is 467. The van der Waals surface area contributed by atoms with E-state index in [9.17, 15) is 4.79 Å². The van der Waals surface area contributed by atoms with Crippen molar-refractivity contribution in [3.63, 3.8) is 0 Å². The summed E-state index contributed by atoms with van der Waals surface area (Å²) in [6.45, 7) is 8.46. The maximum atomic E-state index is 11.7. The number of carbonyl (C=O) groups excluding carboxylic acids is 1. The number of ether oxygens (including phenoxy) is 1. The van der Waals surface area contributed by atoms with Crippen molar-refractivity contribution in [2.75, 3.05) is 30.4 Å². The summed E-state index contributed by atoms with van der Waals surface area (Å²) in [6.07, 6.45) is 1.02. The molecule has 1 aromatic rings. The number of amides is 1. The molecule has 0 radical (unpaired) electrons. The van der Waals surface area contributed by atoms with Gasteiger partial charge in [0.05, 0.1) is 13.2 Å². The molecule has 0 aromatic heterocycles. The lowest BCUT2D eigenvalue weighted by Crippen LogP contribution is -2.43. The fourth-order valence-corrected chi connectivity index (χ4v) is 2.48. The molecule has 1 aromatic carbocycles. The van der Waals surface area contributed by atoms with Crippen LogP contribution in [0.5, 0.6) is 0 Å². The third kappa shape index (κ3) is 5.31. The predicted molar refractivity (Wildman–Crippen MR) is 90.2 cm³/mol. The average Bonchev–Trinajstić information content (AvgIpc) is 2.50. The summed E-state index contributed by atoms with van der Waals surface area (Å²) in [5, 5.41) is 9.84. The number of carbonyl (C=O) groups is 1. The second-order valence-corrected chi connectivity index (χ2v) is 6.23. The van der Waals surface area contributed by atoms with E-state index >= 15 is 0 Å². The van der Waals surface area contributed by atoms with E-state index in [0.717, 1.165) is 37.6 Å². The van der Waals surface area contributed by atoms with Gasteiger partial charge in [-0.3, -0.25) is 4.79 Å². The molecule has 0 spiro atoms. The van der Waals surface area contributed by atoms with Crippen LogP contribution < -0.4 is 16.0 Å². The number of nitrogens with one attached hydrogen (secondary N) is 3. The van der Waals surface area contributed by atoms with Gasteiger partial charge >= 0.3 is 0 Å². The van der Waals surface area contributed by atoms with Crippen molar-refractivity contribution in [3.05, 3.63) is 24.3 Å². The minimum atomic E-state index is -0.0111. The van der Waals surface area contributed by atoms with E-state index in [-0.39, 0.29) is 11.8 Å². The Kier molecular flexibility index (Phi) is 6.21. The van der Waals surface area contributed by atoms with E-state index in [1.54, 1.807) is 0 Å². The van der Waals surface area contributed by atoms with Crippen molar-refractivity contribution in [3.8, 4) is 0 Å². The first-order valence-corrected chi connectivity index (χ1v) is 8.03. The van der Waals surface area contributed by atoms with Gasteiger partial charge in [0.25, 0.3) is 0 Å². The molecule has 1 aliphatic rings. The SMILES string of the molecule is CC(CC1COCCN1)Nc1ccc(NC(=O)C(C)C)cc1. The highest BCUT2D eigenvalue weighted by molar-refractivity contribution is 5.92. The van der Waals surface area contributed by atoms with E-state index in [2.05, 4.69) is 22.9 Å². The van der Waals surface area contributed by atoms with Gasteiger partial charge in [-0.2, -0.15) is 0 Å². The first-order valence-electron chi connectivity index (χ1n) is 8.03. The number of hydrogen-bond acceptors (Lipinski definition) is 4. The van der Waals surface area contributed by atoms with Crippen molar-refractivity contribution in [2.45, 2.75) is 39.3 Å². The highest BCUT2D eigenvalue weighted by atomic mass is 16.5. The zero-order chi connectivity index (χ0) is 15.9. The van der Waals surface area contributed by atoms with Gasteiger partial charge in [-0.15, -0.1) is 0 Å². The molecule has 1 amide bonds. The second-order valence-electron chi connectivity index (χ2n) is 6.23. The van der Waals surface area contributed by atoms with Crippen molar-refractivity contribution in [1.82, 2.24) is 5.32 Å². The number of benzene rings is 1. The smallest absolute Gasteiger partial charge is 0.226 e. The Morgan fingerprint density at radius 2 is 1.95 bits per heavy atom. The van der Waals surface area contributed by atoms with Crippen molar-refractivity contribution < 1.29 is 9.53 Å². The van der Waals surface area contributed by atoms with E-state index in [1.165, 1.54) is 0 Å². The highest BCUT2D eigenvalue weighted by Gasteiger charge is 2.16. The minimum Gasteiger partial charge on any atom is -0.383 e. The molecule has 1 fully saturated rings. The van der Waals surface area contributed by atoms with Crippen LogP contribution >= 0.6 is 0 Å². The lowest BCUT2D eigenvalue weighted by Gasteiger charge is -2.27. The van der Waals surface area contributed by atoms with Crippen LogP contribution in [0.25, 0.3) is 0 Å². The molecule has 0 saturated carbocycles. The lowest BCUT2D eigenvalue weighted by molar-refractivity contribution is -0.118. The summed E-state index contributed by atoms with van der Waals surface area (Å²) in [7, 11) is 0. The Hall–Kier alpha value is -1.59. The number of anilines is 2. The Morgan fingerprint density at radius 1 is 1.27 bits per heavy atom. The number of hydrogen-bond donors (Lipinski definition) is 3. The third-order valence-corrected chi connectivity index (χ3v) is 3.73. The van der Waals surface area contributed by atoms with Crippen molar-refractivity contribution >= 4 is 17.3 Å². The molecule has 1 aliphatic heterocycles. The molecule has 2 rings (SSSR count). The Morgan fingerprint density at radius 3 is 2.55 bits per heavy atom. The quantitative estimate of drug-likeness (QED) is 0.755. The number of rotatable bonds is 6. The Labute approximate surface area is 132 Å². The van der Waals surface area contributed by atoms with E-state index in [4.69, 9.17) is 4.74 Å². The summed E-state index contributed by atoms with van der Waals surface area (Å²) in [6, 6.07) is 8.62. The van der Waals surface area contributed by atoms with Gasteiger partial charge in [-0.05, 0) is 37.6 Å².